The standard InChI is InChI=1S/C6H12O/c1-5-2-3-6(7)4-5/h5-7H,2-4H2,1H3/t5-,6-/m0/s1. The summed E-state index contributed by atoms with van der Waals surface area (Å²) in [6.45, 7) is 2.19. The van der Waals surface area contributed by atoms with Crippen LogP contribution in [-0.4, -0.2) is 11.2 Å². The molecule has 0 saturated heterocycles. The monoisotopic (exact) mass is 100 g/mol. The maximum atomic E-state index is 8.90. The molecule has 0 aliphatic heterocycles. The van der Waals surface area contributed by atoms with E-state index < -0.39 is 0 Å². The highest BCUT2D eigenvalue weighted by molar-refractivity contribution is 4.70. The summed E-state index contributed by atoms with van der Waals surface area (Å²) in [5.74, 6) is 0.773. The normalized spacial score (nSPS) is 42.0. The minimum absolute atomic E-state index is 0.0231. The van der Waals surface area contributed by atoms with Gasteiger partial charge in [-0.2, -0.15) is 0 Å². The van der Waals surface area contributed by atoms with Gasteiger partial charge in [0.1, 0.15) is 0 Å². The highest BCUT2D eigenvalue weighted by Crippen LogP contribution is 2.23. The van der Waals surface area contributed by atoms with E-state index in [1.54, 1.807) is 0 Å². The lowest BCUT2D eigenvalue weighted by Crippen LogP contribution is -1.97. The summed E-state index contributed by atoms with van der Waals surface area (Å²) in [4.78, 5) is 0. The van der Waals surface area contributed by atoms with Crippen molar-refractivity contribution in [3.8, 4) is 0 Å². The van der Waals surface area contributed by atoms with Crippen LogP contribution >= 0.6 is 0 Å². The minimum atomic E-state index is 0.0231. The van der Waals surface area contributed by atoms with E-state index in [2.05, 4.69) is 6.92 Å². The van der Waals surface area contributed by atoms with Crippen molar-refractivity contribution >= 4 is 0 Å². The van der Waals surface area contributed by atoms with Gasteiger partial charge in [0.15, 0.2) is 0 Å². The second-order valence-corrected chi connectivity index (χ2v) is 2.57. The molecule has 7 heavy (non-hydrogen) atoms. The summed E-state index contributed by atoms with van der Waals surface area (Å²) < 4.78 is 0. The molecule has 1 heteroatoms. The van der Waals surface area contributed by atoms with Crippen LogP contribution in [0.1, 0.15) is 26.2 Å². The highest BCUT2D eigenvalue weighted by atomic mass is 16.3. The van der Waals surface area contributed by atoms with Gasteiger partial charge in [0.05, 0.1) is 6.10 Å². The van der Waals surface area contributed by atoms with Crippen molar-refractivity contribution in [2.24, 2.45) is 5.92 Å². The molecule has 1 rings (SSSR count). The van der Waals surface area contributed by atoms with E-state index in [0.29, 0.717) is 0 Å². The second-order valence-electron chi connectivity index (χ2n) is 2.57. The third-order valence-electron chi connectivity index (χ3n) is 1.67. The molecule has 1 N–H and O–H groups in total. The largest absolute Gasteiger partial charge is 0.393 e. The molecular formula is C6H12O. The molecule has 2 atom stereocenters. The quantitative estimate of drug-likeness (QED) is 0.484. The predicted molar refractivity (Wildman–Crippen MR) is 29.0 cm³/mol. The van der Waals surface area contributed by atoms with Crippen LogP contribution in [0, 0.1) is 5.92 Å². The van der Waals surface area contributed by atoms with Gasteiger partial charge in [-0.05, 0) is 25.2 Å². The molecule has 1 aliphatic rings. The van der Waals surface area contributed by atoms with Crippen LogP contribution in [0.4, 0.5) is 0 Å². The van der Waals surface area contributed by atoms with Crippen molar-refractivity contribution in [3.05, 3.63) is 0 Å². The highest BCUT2D eigenvalue weighted by Gasteiger charge is 2.17. The predicted octanol–water partition coefficient (Wildman–Crippen LogP) is 1.17. The molecule has 1 fully saturated rings. The Morgan fingerprint density at radius 1 is 1.43 bits per heavy atom. The molecule has 0 amide bonds. The first-order chi connectivity index (χ1) is 3.29. The van der Waals surface area contributed by atoms with Gasteiger partial charge in [-0.3, -0.25) is 0 Å². The van der Waals surface area contributed by atoms with Crippen LogP contribution in [0.5, 0.6) is 0 Å². The van der Waals surface area contributed by atoms with Crippen LogP contribution in [0.15, 0.2) is 0 Å². The average Bonchev–Trinajstić information content (AvgIpc) is 1.87. The second kappa shape index (κ2) is 1.83. The number of rotatable bonds is 0. The zero-order valence-corrected chi connectivity index (χ0v) is 4.72. The van der Waals surface area contributed by atoms with Crippen LogP contribution < -0.4 is 0 Å². The van der Waals surface area contributed by atoms with E-state index in [-0.39, 0.29) is 6.10 Å². The van der Waals surface area contributed by atoms with Crippen molar-refractivity contribution in [2.75, 3.05) is 0 Å². The third-order valence-corrected chi connectivity index (χ3v) is 1.67. The molecule has 42 valence electrons. The van der Waals surface area contributed by atoms with Crippen molar-refractivity contribution < 1.29 is 5.11 Å². The molecule has 0 aromatic heterocycles. The van der Waals surface area contributed by atoms with Gasteiger partial charge in [0.25, 0.3) is 0 Å². The molecule has 0 spiro atoms. The summed E-state index contributed by atoms with van der Waals surface area (Å²) in [6, 6.07) is 0. The molecular weight excluding hydrogens is 88.1 g/mol. The number of hydrogen-bond donors (Lipinski definition) is 1. The van der Waals surface area contributed by atoms with E-state index in [4.69, 9.17) is 5.11 Å². The van der Waals surface area contributed by atoms with E-state index >= 15 is 0 Å². The van der Waals surface area contributed by atoms with E-state index in [1.807, 2.05) is 0 Å². The van der Waals surface area contributed by atoms with Gasteiger partial charge in [-0.15, -0.1) is 0 Å². The first-order valence-electron chi connectivity index (χ1n) is 2.97. The lowest BCUT2D eigenvalue weighted by Gasteiger charge is -1.95. The summed E-state index contributed by atoms with van der Waals surface area (Å²) in [5.41, 5.74) is 0. The zero-order valence-electron chi connectivity index (χ0n) is 4.72. The molecule has 0 unspecified atom stereocenters. The molecule has 0 aromatic rings. The van der Waals surface area contributed by atoms with Crippen LogP contribution in [0.2, 0.25) is 0 Å². The summed E-state index contributed by atoms with van der Waals surface area (Å²) in [6.07, 6.45) is 3.30. The van der Waals surface area contributed by atoms with Crippen molar-refractivity contribution in [3.63, 3.8) is 0 Å². The third kappa shape index (κ3) is 1.16. The van der Waals surface area contributed by atoms with Crippen molar-refractivity contribution in [2.45, 2.75) is 32.3 Å². The smallest absolute Gasteiger partial charge is 0.0542 e. The fourth-order valence-electron chi connectivity index (χ4n) is 1.18. The Kier molecular flexibility index (Phi) is 1.33. The molecule has 0 bridgehead atoms. The molecule has 0 aromatic carbocycles. The van der Waals surface area contributed by atoms with Crippen LogP contribution in [-0.2, 0) is 0 Å². The van der Waals surface area contributed by atoms with Gasteiger partial charge >= 0.3 is 0 Å². The summed E-state index contributed by atoms with van der Waals surface area (Å²) >= 11 is 0. The molecule has 1 nitrogen and oxygen atoms in total. The Morgan fingerprint density at radius 2 is 2.14 bits per heavy atom. The Bertz CT molecular complexity index is 53.2. The summed E-state index contributed by atoms with van der Waals surface area (Å²) in [7, 11) is 0. The Labute approximate surface area is 44.4 Å². The molecule has 1 aliphatic carbocycles. The van der Waals surface area contributed by atoms with E-state index in [0.717, 1.165) is 18.8 Å². The van der Waals surface area contributed by atoms with E-state index in [1.165, 1.54) is 6.42 Å². The van der Waals surface area contributed by atoms with Gasteiger partial charge < -0.3 is 5.11 Å². The Balaban J connectivity index is 2.26. The Hall–Kier alpha value is -0.0400. The maximum absolute atomic E-state index is 8.90. The van der Waals surface area contributed by atoms with Crippen LogP contribution in [0.3, 0.4) is 0 Å². The fourth-order valence-corrected chi connectivity index (χ4v) is 1.18. The first kappa shape index (κ1) is 5.10. The molecule has 0 radical (unpaired) electrons. The van der Waals surface area contributed by atoms with Crippen molar-refractivity contribution in [1.82, 2.24) is 0 Å². The number of hydrogen-bond acceptors (Lipinski definition) is 1. The van der Waals surface area contributed by atoms with Gasteiger partial charge in [-0.25, -0.2) is 0 Å². The van der Waals surface area contributed by atoms with Crippen LogP contribution in [0.25, 0.3) is 0 Å². The van der Waals surface area contributed by atoms with Crippen molar-refractivity contribution in [1.29, 1.82) is 0 Å². The fraction of sp³-hybridized carbons (Fsp3) is 1.00. The molecule has 1 saturated carbocycles. The van der Waals surface area contributed by atoms with Gasteiger partial charge in [0.2, 0.25) is 0 Å². The van der Waals surface area contributed by atoms with Gasteiger partial charge in [0, 0.05) is 0 Å². The average molecular weight is 100 g/mol. The minimum Gasteiger partial charge on any atom is -0.393 e. The molecule has 0 heterocycles. The topological polar surface area (TPSA) is 20.2 Å². The Morgan fingerprint density at radius 3 is 2.29 bits per heavy atom. The summed E-state index contributed by atoms with van der Waals surface area (Å²) in [5, 5.41) is 8.90. The number of aliphatic hydroxyl groups is 1. The first-order valence-corrected chi connectivity index (χ1v) is 2.97. The lowest BCUT2D eigenvalue weighted by atomic mass is 10.1. The van der Waals surface area contributed by atoms with E-state index in [9.17, 15) is 0 Å². The lowest BCUT2D eigenvalue weighted by molar-refractivity contribution is 0.179. The SMILES string of the molecule is C[C@H]1CC[C@H](O)C1. The van der Waals surface area contributed by atoms with Gasteiger partial charge in [-0.1, -0.05) is 6.92 Å². The maximum Gasteiger partial charge on any atom is 0.0542 e. The zero-order chi connectivity index (χ0) is 5.28. The number of aliphatic hydroxyl groups excluding tert-OH is 1.